The number of hydrogen-bond donors (Lipinski definition) is 0. The molecule has 27 heavy (non-hydrogen) atoms. The summed E-state index contributed by atoms with van der Waals surface area (Å²) in [7, 11) is -1.86. The van der Waals surface area contributed by atoms with Crippen LogP contribution in [0, 0.1) is 0 Å². The Bertz CT molecular complexity index is 562. The molecule has 6 heteroatoms. The van der Waals surface area contributed by atoms with Crippen LogP contribution in [0.4, 0.5) is 0 Å². The largest absolute Gasteiger partial charge is 0.457 e. The Kier molecular flexibility index (Phi) is 9.69. The van der Waals surface area contributed by atoms with Gasteiger partial charge in [0.25, 0.3) is 5.91 Å². The second kappa shape index (κ2) is 10.2. The van der Waals surface area contributed by atoms with Crippen LogP contribution in [0.1, 0.15) is 55.4 Å². The molecular weight excluding hydrogens is 358 g/mol. The summed E-state index contributed by atoms with van der Waals surface area (Å²) in [6.07, 6.45) is 4.74. The number of likely N-dealkylation sites (N-methyl/N-ethyl adjacent to an activating group) is 1. The molecule has 5 nitrogen and oxygen atoms in total. The lowest BCUT2D eigenvalue weighted by Gasteiger charge is -2.35. The standard InChI is InChI=1S/C21H39NO4Si/c1-11-22(12-2)19(24)17(16-18(23)26-20(3,4)5)14-13-15-25-27(9,10)21(6,7)8/h13-14,16H,11-12,15H2,1-10H3. The van der Waals surface area contributed by atoms with Crippen LogP contribution < -0.4 is 0 Å². The molecule has 156 valence electrons. The number of esters is 1. The van der Waals surface area contributed by atoms with Gasteiger partial charge in [-0.1, -0.05) is 32.9 Å². The lowest BCUT2D eigenvalue weighted by Crippen LogP contribution is -2.40. The van der Waals surface area contributed by atoms with Gasteiger partial charge >= 0.3 is 5.97 Å². The van der Waals surface area contributed by atoms with Gasteiger partial charge in [-0.2, -0.15) is 0 Å². The molecule has 0 bridgehead atoms. The van der Waals surface area contributed by atoms with E-state index in [2.05, 4.69) is 33.9 Å². The van der Waals surface area contributed by atoms with Gasteiger partial charge in [0.15, 0.2) is 8.32 Å². The molecular formula is C21H39NO4Si. The predicted octanol–water partition coefficient (Wildman–Crippen LogP) is 4.70. The lowest BCUT2D eigenvalue weighted by atomic mass is 10.1. The Morgan fingerprint density at radius 2 is 1.52 bits per heavy atom. The molecule has 0 N–H and O–H groups in total. The summed E-state index contributed by atoms with van der Waals surface area (Å²) in [6.45, 7) is 21.7. The molecule has 0 aliphatic rings. The first-order valence-corrected chi connectivity index (χ1v) is 12.6. The third kappa shape index (κ3) is 9.38. The summed E-state index contributed by atoms with van der Waals surface area (Å²) >= 11 is 0. The van der Waals surface area contributed by atoms with Gasteiger partial charge in [-0.05, 0) is 52.8 Å². The van der Waals surface area contributed by atoms with E-state index in [0.717, 1.165) is 0 Å². The molecule has 0 saturated carbocycles. The average molecular weight is 398 g/mol. The van der Waals surface area contributed by atoms with Crippen LogP contribution in [-0.2, 0) is 18.8 Å². The number of carbonyl (C=O) groups is 2. The van der Waals surface area contributed by atoms with Crippen molar-refractivity contribution in [1.29, 1.82) is 0 Å². The van der Waals surface area contributed by atoms with Gasteiger partial charge in [0, 0.05) is 24.7 Å². The maximum absolute atomic E-state index is 12.7. The molecule has 0 aromatic rings. The molecule has 0 saturated heterocycles. The van der Waals surface area contributed by atoms with Crippen molar-refractivity contribution in [2.24, 2.45) is 0 Å². The van der Waals surface area contributed by atoms with Crippen molar-refractivity contribution in [3.63, 3.8) is 0 Å². The van der Waals surface area contributed by atoms with Crippen LogP contribution in [0.2, 0.25) is 18.1 Å². The molecule has 0 atom stereocenters. The second-order valence-corrected chi connectivity index (χ2v) is 13.9. The third-order valence-corrected chi connectivity index (χ3v) is 9.12. The van der Waals surface area contributed by atoms with Crippen molar-refractivity contribution in [3.8, 4) is 0 Å². The van der Waals surface area contributed by atoms with Crippen molar-refractivity contribution in [3.05, 3.63) is 23.8 Å². The molecule has 0 radical (unpaired) electrons. The van der Waals surface area contributed by atoms with E-state index in [-0.39, 0.29) is 10.9 Å². The summed E-state index contributed by atoms with van der Waals surface area (Å²) < 4.78 is 11.4. The van der Waals surface area contributed by atoms with Gasteiger partial charge < -0.3 is 14.1 Å². The molecule has 0 aliphatic carbocycles. The van der Waals surface area contributed by atoms with E-state index in [1.54, 1.807) is 37.8 Å². The van der Waals surface area contributed by atoms with Crippen LogP contribution in [0.25, 0.3) is 0 Å². The van der Waals surface area contributed by atoms with Gasteiger partial charge in [-0.25, -0.2) is 4.79 Å². The molecule has 0 aromatic carbocycles. The first-order valence-electron chi connectivity index (χ1n) is 9.69. The highest BCUT2D eigenvalue weighted by atomic mass is 28.4. The zero-order valence-electron chi connectivity index (χ0n) is 18.9. The van der Waals surface area contributed by atoms with Gasteiger partial charge in [0.05, 0.1) is 6.61 Å². The van der Waals surface area contributed by atoms with Crippen molar-refractivity contribution < 1.29 is 18.8 Å². The Morgan fingerprint density at radius 3 is 1.93 bits per heavy atom. The fourth-order valence-electron chi connectivity index (χ4n) is 1.98. The topological polar surface area (TPSA) is 55.8 Å². The number of rotatable bonds is 8. The van der Waals surface area contributed by atoms with E-state index in [9.17, 15) is 9.59 Å². The van der Waals surface area contributed by atoms with Crippen LogP contribution >= 0.6 is 0 Å². The van der Waals surface area contributed by atoms with Crippen LogP contribution in [-0.4, -0.2) is 50.4 Å². The van der Waals surface area contributed by atoms with E-state index in [1.165, 1.54) is 6.08 Å². The Labute approximate surface area is 166 Å². The van der Waals surface area contributed by atoms with Crippen molar-refractivity contribution in [2.45, 2.75) is 79.1 Å². The molecule has 0 heterocycles. The summed E-state index contributed by atoms with van der Waals surface area (Å²) in [4.78, 5) is 26.6. The Balaban J connectivity index is 5.38. The minimum absolute atomic E-state index is 0.118. The molecule has 0 fully saturated rings. The first kappa shape index (κ1) is 25.6. The Morgan fingerprint density at radius 1 is 1.00 bits per heavy atom. The molecule has 0 unspecified atom stereocenters. The third-order valence-electron chi connectivity index (χ3n) is 4.62. The molecule has 0 aliphatic heterocycles. The number of nitrogens with zero attached hydrogens (tertiary/aromatic N) is 1. The molecule has 0 aromatic heterocycles. The number of hydrogen-bond acceptors (Lipinski definition) is 4. The molecule has 0 spiro atoms. The maximum Gasteiger partial charge on any atom is 0.332 e. The summed E-state index contributed by atoms with van der Waals surface area (Å²) in [5.41, 5.74) is -0.293. The number of amides is 1. The average Bonchev–Trinajstić information content (AvgIpc) is 2.48. The quantitative estimate of drug-likeness (QED) is 0.258. The Hall–Kier alpha value is -1.40. The summed E-state index contributed by atoms with van der Waals surface area (Å²) in [6, 6.07) is 0. The zero-order valence-corrected chi connectivity index (χ0v) is 19.9. The van der Waals surface area contributed by atoms with E-state index < -0.39 is 19.9 Å². The fraction of sp³-hybridized carbons (Fsp3) is 0.714. The van der Waals surface area contributed by atoms with Gasteiger partial charge in [0.1, 0.15) is 5.60 Å². The smallest absolute Gasteiger partial charge is 0.332 e. The van der Waals surface area contributed by atoms with E-state index in [4.69, 9.17) is 9.16 Å². The van der Waals surface area contributed by atoms with Gasteiger partial charge in [-0.15, -0.1) is 0 Å². The van der Waals surface area contributed by atoms with Crippen LogP contribution in [0.3, 0.4) is 0 Å². The minimum Gasteiger partial charge on any atom is -0.457 e. The van der Waals surface area contributed by atoms with E-state index in [1.807, 2.05) is 13.8 Å². The fourth-order valence-corrected chi connectivity index (χ4v) is 2.93. The van der Waals surface area contributed by atoms with E-state index in [0.29, 0.717) is 25.3 Å². The highest BCUT2D eigenvalue weighted by Crippen LogP contribution is 2.36. The number of ether oxygens (including phenoxy) is 1. The summed E-state index contributed by atoms with van der Waals surface area (Å²) in [5.74, 6) is -0.706. The zero-order chi connectivity index (χ0) is 21.5. The normalized spacial score (nSPS) is 13.8. The predicted molar refractivity (Wildman–Crippen MR) is 114 cm³/mol. The number of carbonyl (C=O) groups excluding carboxylic acids is 2. The van der Waals surface area contributed by atoms with E-state index >= 15 is 0 Å². The van der Waals surface area contributed by atoms with Crippen molar-refractivity contribution in [2.75, 3.05) is 19.7 Å². The highest BCUT2D eigenvalue weighted by Gasteiger charge is 2.36. The molecule has 1 amide bonds. The maximum atomic E-state index is 12.7. The lowest BCUT2D eigenvalue weighted by molar-refractivity contribution is -0.148. The van der Waals surface area contributed by atoms with Crippen molar-refractivity contribution in [1.82, 2.24) is 4.90 Å². The monoisotopic (exact) mass is 397 g/mol. The summed E-state index contributed by atoms with van der Waals surface area (Å²) in [5, 5.41) is 0.118. The highest BCUT2D eigenvalue weighted by molar-refractivity contribution is 6.74. The van der Waals surface area contributed by atoms with Crippen molar-refractivity contribution >= 4 is 20.2 Å². The molecule has 0 rings (SSSR count). The van der Waals surface area contributed by atoms with Gasteiger partial charge in [-0.3, -0.25) is 4.79 Å². The van der Waals surface area contributed by atoms with Crippen LogP contribution in [0.15, 0.2) is 23.8 Å². The van der Waals surface area contributed by atoms with Gasteiger partial charge in [0.2, 0.25) is 0 Å². The van der Waals surface area contributed by atoms with Crippen LogP contribution in [0.5, 0.6) is 0 Å². The second-order valence-electron chi connectivity index (χ2n) is 9.08. The first-order chi connectivity index (χ1) is 12.1. The minimum atomic E-state index is -1.86. The SMILES string of the molecule is CCN(CC)C(=O)C(C=CCO[Si](C)(C)C(C)(C)C)=CC(=O)OC(C)(C)C.